The normalized spacial score (nSPS) is 12.2. The molecule has 0 bridgehead atoms. The summed E-state index contributed by atoms with van der Waals surface area (Å²) in [7, 11) is 0. The molecule has 8 heteroatoms. The van der Waals surface area contributed by atoms with Gasteiger partial charge in [0.05, 0.1) is 0 Å². The summed E-state index contributed by atoms with van der Waals surface area (Å²) < 4.78 is 0. The van der Waals surface area contributed by atoms with Crippen LogP contribution in [0.2, 0.25) is 0 Å². The Hall–Kier alpha value is -3.16. The molecule has 2 aromatic heterocycles. The number of nitrogen functional groups attached to an aromatic ring is 2. The van der Waals surface area contributed by atoms with Gasteiger partial charge in [0.2, 0.25) is 11.9 Å². The topological polar surface area (TPSA) is 135 Å². The molecule has 0 fully saturated rings. The molecule has 8 nitrogen and oxygen atoms in total. The summed E-state index contributed by atoms with van der Waals surface area (Å²) in [6.07, 6.45) is 3.17. The number of aromatic nitrogens is 6. The van der Waals surface area contributed by atoms with E-state index in [4.69, 9.17) is 11.5 Å². The summed E-state index contributed by atoms with van der Waals surface area (Å²) in [6, 6.07) is 8.19. The molecule has 3 rings (SSSR count). The van der Waals surface area contributed by atoms with E-state index in [1.807, 2.05) is 18.2 Å². The van der Waals surface area contributed by atoms with Gasteiger partial charge in [-0.15, -0.1) is 10.2 Å². The number of hydrogen-bond acceptors (Lipinski definition) is 6. The van der Waals surface area contributed by atoms with E-state index in [1.165, 1.54) is 5.56 Å². The third-order valence-electron chi connectivity index (χ3n) is 3.59. The predicted octanol–water partition coefficient (Wildman–Crippen LogP) is 1.30. The number of hydrogen-bond donors (Lipinski definition) is 4. The van der Waals surface area contributed by atoms with Crippen LogP contribution < -0.4 is 11.5 Å². The smallest absolute Gasteiger partial charge is 0.239 e. The molecule has 1 unspecified atom stereocenters. The Morgan fingerprint density at radius 3 is 2.26 bits per heavy atom. The van der Waals surface area contributed by atoms with Gasteiger partial charge in [-0.1, -0.05) is 36.9 Å². The lowest BCUT2D eigenvalue weighted by Crippen LogP contribution is -2.10. The first-order valence-electron chi connectivity index (χ1n) is 7.20. The molecule has 3 aromatic rings. The number of benzene rings is 1. The Balaban J connectivity index is 1.83. The zero-order valence-electron chi connectivity index (χ0n) is 12.5. The molecule has 0 saturated heterocycles. The van der Waals surface area contributed by atoms with Crippen LogP contribution in [-0.2, 0) is 12.8 Å². The minimum atomic E-state index is 0.0294. The zero-order valence-corrected chi connectivity index (χ0v) is 12.5. The van der Waals surface area contributed by atoms with Crippen molar-refractivity contribution in [2.45, 2.75) is 18.8 Å². The first-order valence-corrected chi connectivity index (χ1v) is 7.20. The van der Waals surface area contributed by atoms with Gasteiger partial charge in [-0.05, 0) is 17.5 Å². The van der Waals surface area contributed by atoms with Crippen molar-refractivity contribution in [2.75, 3.05) is 11.5 Å². The molecule has 1 aromatic carbocycles. The van der Waals surface area contributed by atoms with Crippen LogP contribution >= 0.6 is 0 Å². The van der Waals surface area contributed by atoms with Crippen LogP contribution in [0.25, 0.3) is 6.08 Å². The number of H-pyrrole nitrogens is 2. The molecule has 6 N–H and O–H groups in total. The molecule has 2 heterocycles. The van der Waals surface area contributed by atoms with Gasteiger partial charge < -0.3 is 11.5 Å². The van der Waals surface area contributed by atoms with Gasteiger partial charge in [0.1, 0.15) is 11.6 Å². The molecule has 0 radical (unpaired) electrons. The summed E-state index contributed by atoms with van der Waals surface area (Å²) in [4.78, 5) is 8.40. The van der Waals surface area contributed by atoms with Crippen LogP contribution in [0.3, 0.4) is 0 Å². The summed E-state index contributed by atoms with van der Waals surface area (Å²) >= 11 is 0. The van der Waals surface area contributed by atoms with Crippen LogP contribution in [0.5, 0.6) is 0 Å². The monoisotopic (exact) mass is 310 g/mol. The fourth-order valence-corrected chi connectivity index (χ4v) is 2.45. The third kappa shape index (κ3) is 3.54. The molecular formula is C15H18N8. The molecule has 23 heavy (non-hydrogen) atoms. The maximum Gasteiger partial charge on any atom is 0.239 e. The third-order valence-corrected chi connectivity index (χ3v) is 3.59. The van der Waals surface area contributed by atoms with E-state index in [0.29, 0.717) is 18.1 Å². The van der Waals surface area contributed by atoms with Crippen molar-refractivity contribution in [1.82, 2.24) is 30.4 Å². The number of nitrogens with zero attached hydrogens (tertiary/aromatic N) is 4. The van der Waals surface area contributed by atoms with E-state index >= 15 is 0 Å². The summed E-state index contributed by atoms with van der Waals surface area (Å²) in [5.74, 6) is 1.90. The minimum Gasteiger partial charge on any atom is -0.367 e. The van der Waals surface area contributed by atoms with Crippen LogP contribution in [-0.4, -0.2) is 30.4 Å². The average Bonchev–Trinajstić information content (AvgIpc) is 3.16. The number of anilines is 2. The molecule has 0 amide bonds. The van der Waals surface area contributed by atoms with E-state index in [-0.39, 0.29) is 17.8 Å². The van der Waals surface area contributed by atoms with Crippen molar-refractivity contribution >= 4 is 18.0 Å². The lowest BCUT2D eigenvalue weighted by atomic mass is 9.94. The quantitative estimate of drug-likeness (QED) is 0.542. The number of aromatic amines is 2. The number of nitrogens with one attached hydrogen (secondary N) is 2. The van der Waals surface area contributed by atoms with E-state index in [0.717, 1.165) is 12.0 Å². The van der Waals surface area contributed by atoms with E-state index < -0.39 is 0 Å². The maximum absolute atomic E-state index is 5.62. The van der Waals surface area contributed by atoms with Gasteiger partial charge >= 0.3 is 0 Å². The highest BCUT2D eigenvalue weighted by molar-refractivity contribution is 5.47. The largest absolute Gasteiger partial charge is 0.367 e. The van der Waals surface area contributed by atoms with Crippen molar-refractivity contribution < 1.29 is 0 Å². The predicted molar refractivity (Wildman–Crippen MR) is 88.3 cm³/mol. The Morgan fingerprint density at radius 2 is 1.70 bits per heavy atom. The second kappa shape index (κ2) is 6.30. The fraction of sp³-hybridized carbons (Fsp3) is 0.200. The molecule has 0 aliphatic carbocycles. The Labute approximate surface area is 133 Å². The summed E-state index contributed by atoms with van der Waals surface area (Å²) in [5.41, 5.74) is 13.4. The summed E-state index contributed by atoms with van der Waals surface area (Å²) in [6.45, 7) is 3.76. The minimum absolute atomic E-state index is 0.0294. The van der Waals surface area contributed by atoms with Crippen molar-refractivity contribution in [3.05, 3.63) is 53.6 Å². The highest BCUT2D eigenvalue weighted by atomic mass is 15.3. The lowest BCUT2D eigenvalue weighted by Gasteiger charge is -2.13. The molecule has 0 spiro atoms. The van der Waals surface area contributed by atoms with Crippen molar-refractivity contribution in [1.29, 1.82) is 0 Å². The molecule has 1 atom stereocenters. The maximum atomic E-state index is 5.62. The highest BCUT2D eigenvalue weighted by Gasteiger charge is 2.19. The van der Waals surface area contributed by atoms with Gasteiger partial charge in [-0.25, -0.2) is 0 Å². The van der Waals surface area contributed by atoms with Crippen molar-refractivity contribution in [3.63, 3.8) is 0 Å². The van der Waals surface area contributed by atoms with Crippen LogP contribution in [0.1, 0.15) is 28.7 Å². The van der Waals surface area contributed by atoms with Gasteiger partial charge in [0.25, 0.3) is 0 Å². The van der Waals surface area contributed by atoms with Gasteiger partial charge in [0.15, 0.2) is 0 Å². The lowest BCUT2D eigenvalue weighted by molar-refractivity contribution is 0.618. The van der Waals surface area contributed by atoms with Crippen LogP contribution in [0, 0.1) is 0 Å². The molecule has 0 aliphatic heterocycles. The second-order valence-electron chi connectivity index (χ2n) is 5.27. The molecule has 0 saturated carbocycles. The number of rotatable bonds is 6. The Kier molecular flexibility index (Phi) is 4.05. The molecule has 0 aliphatic rings. The van der Waals surface area contributed by atoms with Gasteiger partial charge in [0, 0.05) is 12.3 Å². The number of nitrogens with two attached hydrogens (primary N) is 2. The second-order valence-corrected chi connectivity index (χ2v) is 5.27. The van der Waals surface area contributed by atoms with Crippen LogP contribution in [0.4, 0.5) is 11.9 Å². The van der Waals surface area contributed by atoms with E-state index in [1.54, 1.807) is 0 Å². The first-order chi connectivity index (χ1) is 11.1. The highest BCUT2D eigenvalue weighted by Crippen LogP contribution is 2.22. The SMILES string of the molecule is C=Cc1ccc(CC(Cc2nc(N)n[nH]2)c2nc(N)n[nH]2)cc1. The molecule has 118 valence electrons. The molecular weight excluding hydrogens is 292 g/mol. The van der Waals surface area contributed by atoms with Gasteiger partial charge in [-0.3, -0.25) is 10.2 Å². The summed E-state index contributed by atoms with van der Waals surface area (Å²) in [5, 5.41) is 13.5. The van der Waals surface area contributed by atoms with E-state index in [9.17, 15) is 0 Å². The zero-order chi connectivity index (χ0) is 16.2. The van der Waals surface area contributed by atoms with Crippen molar-refractivity contribution in [3.8, 4) is 0 Å². The van der Waals surface area contributed by atoms with Crippen molar-refractivity contribution in [2.24, 2.45) is 0 Å². The Bertz CT molecular complexity index is 786. The fourth-order valence-electron chi connectivity index (χ4n) is 2.45. The standard InChI is InChI=1S/C15H18N8/c1-2-9-3-5-10(6-4-9)7-11(13-19-15(17)23-21-13)8-12-18-14(16)22-20-12/h2-6,11H,1,7-8H2,(H3,16,18,20,22)(H3,17,19,21,23). The average molecular weight is 310 g/mol. The van der Waals surface area contributed by atoms with Crippen LogP contribution in [0.15, 0.2) is 30.8 Å². The first kappa shape index (κ1) is 14.8. The Morgan fingerprint density at radius 1 is 1.00 bits per heavy atom. The van der Waals surface area contributed by atoms with Gasteiger partial charge in [-0.2, -0.15) is 9.97 Å². The van der Waals surface area contributed by atoms with E-state index in [2.05, 4.69) is 49.1 Å².